The summed E-state index contributed by atoms with van der Waals surface area (Å²) in [4.78, 5) is 6.33. The Morgan fingerprint density at radius 3 is 2.46 bits per heavy atom. The zero-order chi connectivity index (χ0) is 16.5. The summed E-state index contributed by atoms with van der Waals surface area (Å²) >= 11 is 0. The van der Waals surface area contributed by atoms with Crippen molar-refractivity contribution in [2.45, 2.75) is 25.7 Å². The molecule has 0 atom stereocenters. The van der Waals surface area contributed by atoms with E-state index in [-0.39, 0.29) is 5.52 Å². The number of piperidine rings is 1. The first kappa shape index (κ1) is 15.8. The largest absolute Gasteiger partial charge is 0.381 e. The van der Waals surface area contributed by atoms with E-state index in [0.717, 1.165) is 62.7 Å². The number of pyridine rings is 1. The Morgan fingerprint density at radius 2 is 1.71 bits per heavy atom. The van der Waals surface area contributed by atoms with Gasteiger partial charge in [0.1, 0.15) is 11.3 Å². The molecule has 2 aliphatic rings. The first-order valence-corrected chi connectivity index (χ1v) is 8.79. The molecule has 24 heavy (non-hydrogen) atoms. The van der Waals surface area contributed by atoms with E-state index in [4.69, 9.17) is 4.74 Å². The molecule has 3 heterocycles. The maximum atomic E-state index is 14.0. The molecule has 2 fully saturated rings. The van der Waals surface area contributed by atoms with E-state index in [1.165, 1.54) is 18.9 Å². The Balaban J connectivity index is 1.54. The van der Waals surface area contributed by atoms with Crippen molar-refractivity contribution >= 4 is 16.6 Å². The summed E-state index contributed by atoms with van der Waals surface area (Å²) in [6, 6.07) is 4.16. The molecule has 0 N–H and O–H groups in total. The van der Waals surface area contributed by atoms with E-state index in [0.29, 0.717) is 5.39 Å². The average Bonchev–Trinajstić information content (AvgIpc) is 2.62. The Labute approximate surface area is 140 Å². The fourth-order valence-electron chi connectivity index (χ4n) is 4.24. The van der Waals surface area contributed by atoms with Gasteiger partial charge >= 0.3 is 0 Å². The summed E-state index contributed by atoms with van der Waals surface area (Å²) in [5.41, 5.74) is 1.14. The van der Waals surface area contributed by atoms with E-state index < -0.39 is 11.6 Å². The van der Waals surface area contributed by atoms with Crippen molar-refractivity contribution in [3.05, 3.63) is 36.0 Å². The molecule has 0 bridgehead atoms. The highest BCUT2D eigenvalue weighted by Crippen LogP contribution is 2.35. The molecular formula is C19H22F2N2O. The topological polar surface area (TPSA) is 25.4 Å². The molecule has 2 saturated heterocycles. The van der Waals surface area contributed by atoms with Crippen LogP contribution in [0.2, 0.25) is 0 Å². The maximum Gasteiger partial charge on any atom is 0.152 e. The molecule has 0 spiro atoms. The number of hydrogen-bond acceptors (Lipinski definition) is 3. The number of aromatic nitrogens is 1. The van der Waals surface area contributed by atoms with Gasteiger partial charge in [-0.1, -0.05) is 0 Å². The van der Waals surface area contributed by atoms with Crippen molar-refractivity contribution in [2.75, 3.05) is 31.2 Å². The van der Waals surface area contributed by atoms with Crippen LogP contribution in [-0.4, -0.2) is 31.3 Å². The predicted octanol–water partition coefficient (Wildman–Crippen LogP) is 4.16. The number of halogens is 2. The molecule has 128 valence electrons. The van der Waals surface area contributed by atoms with Crippen LogP contribution >= 0.6 is 0 Å². The van der Waals surface area contributed by atoms with Crippen LogP contribution in [0.25, 0.3) is 10.9 Å². The van der Waals surface area contributed by atoms with Gasteiger partial charge in [0.05, 0.1) is 0 Å². The highest BCUT2D eigenvalue weighted by atomic mass is 19.1. The Hall–Kier alpha value is -1.75. The number of ether oxygens (including phenoxy) is 1. The van der Waals surface area contributed by atoms with E-state index in [1.54, 1.807) is 6.20 Å². The molecule has 0 unspecified atom stereocenters. The lowest BCUT2D eigenvalue weighted by Gasteiger charge is -2.38. The standard InChI is InChI=1S/C19H22F2N2O/c20-15-11-16-18(1-6-22-19(16)17(21)12-15)23-7-2-13(3-8-23)14-4-9-24-10-5-14/h1,6,11-14H,2-5,7-10H2. The monoisotopic (exact) mass is 332 g/mol. The molecule has 5 heteroatoms. The molecular weight excluding hydrogens is 310 g/mol. The lowest BCUT2D eigenvalue weighted by atomic mass is 9.80. The van der Waals surface area contributed by atoms with Gasteiger partial charge in [-0.05, 0) is 49.7 Å². The Bertz CT molecular complexity index is 723. The number of hydrogen-bond donors (Lipinski definition) is 0. The minimum atomic E-state index is -0.594. The minimum absolute atomic E-state index is 0.250. The first-order chi connectivity index (χ1) is 11.7. The van der Waals surface area contributed by atoms with E-state index in [1.807, 2.05) is 6.07 Å². The third-order valence-electron chi connectivity index (χ3n) is 5.55. The van der Waals surface area contributed by atoms with Crippen molar-refractivity contribution in [2.24, 2.45) is 11.8 Å². The third-order valence-corrected chi connectivity index (χ3v) is 5.55. The van der Waals surface area contributed by atoms with E-state index in [2.05, 4.69) is 9.88 Å². The van der Waals surface area contributed by atoms with Crippen LogP contribution in [-0.2, 0) is 4.74 Å². The van der Waals surface area contributed by atoms with E-state index >= 15 is 0 Å². The van der Waals surface area contributed by atoms with Crippen molar-refractivity contribution in [1.82, 2.24) is 4.98 Å². The van der Waals surface area contributed by atoms with Crippen LogP contribution in [0.3, 0.4) is 0 Å². The number of nitrogens with zero attached hydrogens (tertiary/aromatic N) is 2. The van der Waals surface area contributed by atoms with Crippen LogP contribution in [0, 0.1) is 23.5 Å². The predicted molar refractivity (Wildman–Crippen MR) is 90.1 cm³/mol. The van der Waals surface area contributed by atoms with Crippen LogP contribution < -0.4 is 4.90 Å². The van der Waals surface area contributed by atoms with Gasteiger partial charge in [0, 0.05) is 49.6 Å². The molecule has 4 rings (SSSR count). The summed E-state index contributed by atoms with van der Waals surface area (Å²) in [7, 11) is 0. The lowest BCUT2D eigenvalue weighted by molar-refractivity contribution is 0.0419. The summed E-state index contributed by atoms with van der Waals surface area (Å²) in [5.74, 6) is 0.368. The SMILES string of the molecule is Fc1cc(F)c2nccc(N3CCC(C4CCOCC4)CC3)c2c1. The zero-order valence-corrected chi connectivity index (χ0v) is 13.7. The van der Waals surface area contributed by atoms with Gasteiger partial charge in [-0.15, -0.1) is 0 Å². The fourth-order valence-corrected chi connectivity index (χ4v) is 4.24. The summed E-state index contributed by atoms with van der Waals surface area (Å²) in [6.45, 7) is 3.63. The highest BCUT2D eigenvalue weighted by Gasteiger charge is 2.28. The normalized spacial score (nSPS) is 20.7. The lowest BCUT2D eigenvalue weighted by Crippen LogP contribution is -2.37. The second kappa shape index (κ2) is 6.63. The molecule has 1 aromatic heterocycles. The van der Waals surface area contributed by atoms with Crippen molar-refractivity contribution < 1.29 is 13.5 Å². The van der Waals surface area contributed by atoms with Crippen LogP contribution in [0.1, 0.15) is 25.7 Å². The second-order valence-electron chi connectivity index (χ2n) is 6.89. The van der Waals surface area contributed by atoms with Gasteiger partial charge in [-0.25, -0.2) is 8.78 Å². The summed E-state index contributed by atoms with van der Waals surface area (Å²) in [6.07, 6.45) is 6.21. The molecule has 1 aromatic carbocycles. The number of benzene rings is 1. The number of anilines is 1. The molecule has 0 amide bonds. The second-order valence-corrected chi connectivity index (χ2v) is 6.89. The maximum absolute atomic E-state index is 14.0. The third kappa shape index (κ3) is 2.97. The van der Waals surface area contributed by atoms with Crippen molar-refractivity contribution in [3.8, 4) is 0 Å². The highest BCUT2D eigenvalue weighted by molar-refractivity contribution is 5.92. The van der Waals surface area contributed by atoms with Crippen molar-refractivity contribution in [1.29, 1.82) is 0 Å². The average molecular weight is 332 g/mol. The molecule has 0 aliphatic carbocycles. The van der Waals surface area contributed by atoms with Crippen LogP contribution in [0.5, 0.6) is 0 Å². The number of fused-ring (bicyclic) bond motifs is 1. The quantitative estimate of drug-likeness (QED) is 0.826. The molecule has 2 aliphatic heterocycles. The van der Waals surface area contributed by atoms with Crippen molar-refractivity contribution in [3.63, 3.8) is 0 Å². The van der Waals surface area contributed by atoms with Gasteiger partial charge in [0.25, 0.3) is 0 Å². The minimum Gasteiger partial charge on any atom is -0.381 e. The fraction of sp³-hybridized carbons (Fsp3) is 0.526. The van der Waals surface area contributed by atoms with Gasteiger partial charge in [-0.2, -0.15) is 0 Å². The molecule has 0 radical (unpaired) electrons. The number of rotatable bonds is 2. The molecule has 0 saturated carbocycles. The van der Waals surface area contributed by atoms with Gasteiger partial charge in [0.15, 0.2) is 5.82 Å². The Morgan fingerprint density at radius 1 is 1.00 bits per heavy atom. The van der Waals surface area contributed by atoms with Gasteiger partial charge < -0.3 is 9.64 Å². The van der Waals surface area contributed by atoms with Gasteiger partial charge in [0.2, 0.25) is 0 Å². The van der Waals surface area contributed by atoms with Crippen LogP contribution in [0.4, 0.5) is 14.5 Å². The zero-order valence-electron chi connectivity index (χ0n) is 13.7. The van der Waals surface area contributed by atoms with E-state index in [9.17, 15) is 8.78 Å². The molecule has 3 nitrogen and oxygen atoms in total. The first-order valence-electron chi connectivity index (χ1n) is 8.79. The summed E-state index contributed by atoms with van der Waals surface area (Å²) in [5, 5.41) is 0.569. The van der Waals surface area contributed by atoms with Gasteiger partial charge in [-0.3, -0.25) is 4.98 Å². The summed E-state index contributed by atoms with van der Waals surface area (Å²) < 4.78 is 33.1. The smallest absolute Gasteiger partial charge is 0.152 e. The molecule has 2 aromatic rings. The van der Waals surface area contributed by atoms with Crippen LogP contribution in [0.15, 0.2) is 24.4 Å². The Kier molecular flexibility index (Phi) is 4.35.